The van der Waals surface area contributed by atoms with Gasteiger partial charge in [-0.05, 0) is 0 Å². The van der Waals surface area contributed by atoms with Gasteiger partial charge in [-0.15, -0.1) is 0 Å². The fraction of sp³-hybridized carbons (Fsp3) is 0.583. The van der Waals surface area contributed by atoms with E-state index in [1.807, 2.05) is 0 Å². The molecule has 4 rings (SSSR count). The summed E-state index contributed by atoms with van der Waals surface area (Å²) in [6.45, 7) is 4.43. The van der Waals surface area contributed by atoms with Crippen LogP contribution in [0, 0.1) is 0 Å². The van der Waals surface area contributed by atoms with Gasteiger partial charge in [0.25, 0.3) is 0 Å². The van der Waals surface area contributed by atoms with Crippen LogP contribution in [0.25, 0.3) is 11.3 Å². The summed E-state index contributed by atoms with van der Waals surface area (Å²) in [5.74, 6) is 0.962. The van der Waals surface area contributed by atoms with Crippen LogP contribution in [0.5, 0.6) is 5.75 Å². The van der Waals surface area contributed by atoms with Crippen LogP contribution in [-0.2, 0) is 25.7 Å². The number of aryl methyl sites for hydroxylation is 4. The van der Waals surface area contributed by atoms with Gasteiger partial charge in [-0.3, -0.25) is 0 Å². The molecular weight excluding hydrogens is 407 g/mol. The molecule has 0 atom stereocenters. The Morgan fingerprint density at radius 3 is 2.25 bits per heavy atom. The van der Waals surface area contributed by atoms with Gasteiger partial charge >= 0.3 is 176 Å². The van der Waals surface area contributed by atoms with E-state index in [9.17, 15) is 0 Å². The van der Waals surface area contributed by atoms with Crippen molar-refractivity contribution in [1.82, 2.24) is 9.97 Å². The summed E-state index contributed by atoms with van der Waals surface area (Å²) in [6.07, 6.45) is 12.4. The zero-order chi connectivity index (χ0) is 19.5. The molecule has 4 heteroatoms. The number of ether oxygens (including phenoxy) is 1. The van der Waals surface area contributed by atoms with Crippen LogP contribution in [0.2, 0.25) is 4.71 Å². The number of rotatable bonds is 6. The van der Waals surface area contributed by atoms with Gasteiger partial charge in [0.15, 0.2) is 0 Å². The van der Waals surface area contributed by atoms with Crippen LogP contribution in [0.4, 0.5) is 0 Å². The van der Waals surface area contributed by atoms with Crippen molar-refractivity contribution >= 4 is 20.2 Å². The van der Waals surface area contributed by atoms with Crippen molar-refractivity contribution in [1.29, 1.82) is 0 Å². The minimum absolute atomic E-state index is 0.132. The summed E-state index contributed by atoms with van der Waals surface area (Å²) in [5, 5.41) is 0. The summed E-state index contributed by atoms with van der Waals surface area (Å²) >= 11 is 0.132. The number of hydrogen-bond acceptors (Lipinski definition) is 3. The van der Waals surface area contributed by atoms with Gasteiger partial charge in [-0.25, -0.2) is 0 Å². The molecule has 1 fully saturated rings. The molecule has 0 N–H and O–H groups in total. The van der Waals surface area contributed by atoms with Gasteiger partial charge in [0.2, 0.25) is 0 Å². The van der Waals surface area contributed by atoms with Crippen LogP contribution < -0.4 is 9.22 Å². The van der Waals surface area contributed by atoms with Crippen molar-refractivity contribution in [2.45, 2.75) is 82.8 Å². The Morgan fingerprint density at radius 2 is 1.61 bits per heavy atom. The fourth-order valence-electron chi connectivity index (χ4n) is 4.62. The fourth-order valence-corrected chi connectivity index (χ4v) is 7.78. The average Bonchev–Trinajstić information content (AvgIpc) is 3.25. The van der Waals surface area contributed by atoms with Gasteiger partial charge in [-0.2, -0.15) is 0 Å². The van der Waals surface area contributed by atoms with Crippen LogP contribution in [0.15, 0.2) is 12.1 Å². The van der Waals surface area contributed by atoms with E-state index in [1.165, 1.54) is 72.7 Å². The molecular formula is C24H32AsN2O. The van der Waals surface area contributed by atoms with Crippen LogP contribution in [0.3, 0.4) is 0 Å². The van der Waals surface area contributed by atoms with E-state index in [0.717, 1.165) is 40.2 Å². The van der Waals surface area contributed by atoms with E-state index in [-0.39, 0.29) is 15.8 Å². The van der Waals surface area contributed by atoms with E-state index in [1.54, 1.807) is 7.11 Å². The number of aromatic nitrogens is 2. The molecule has 28 heavy (non-hydrogen) atoms. The van der Waals surface area contributed by atoms with E-state index in [0.29, 0.717) is 0 Å². The van der Waals surface area contributed by atoms with Gasteiger partial charge < -0.3 is 0 Å². The monoisotopic (exact) mass is 439 g/mol. The third kappa shape index (κ3) is 4.01. The van der Waals surface area contributed by atoms with Gasteiger partial charge in [0, 0.05) is 0 Å². The summed E-state index contributed by atoms with van der Waals surface area (Å²) in [6, 6.07) is 4.61. The molecule has 1 aromatic heterocycles. The first-order chi connectivity index (χ1) is 13.7. The molecule has 2 aromatic rings. The summed E-state index contributed by atoms with van der Waals surface area (Å²) < 4.78 is 8.04. The molecule has 149 valence electrons. The Hall–Kier alpha value is -1.34. The van der Waals surface area contributed by atoms with Crippen LogP contribution in [0.1, 0.15) is 74.9 Å². The van der Waals surface area contributed by atoms with E-state index in [4.69, 9.17) is 14.7 Å². The first-order valence-electron chi connectivity index (χ1n) is 11.0. The first-order valence-corrected chi connectivity index (χ1v) is 13.1. The SMILES string of the molecule is CCc1nc(-c2cc3c(cc2OC)CCCC3)c(CC)nc1[As]C1CCCC1. The molecule has 0 saturated heterocycles. The first kappa shape index (κ1) is 20.0. The summed E-state index contributed by atoms with van der Waals surface area (Å²) in [4.78, 5) is 10.4. The Labute approximate surface area is 176 Å². The molecule has 2 aliphatic rings. The summed E-state index contributed by atoms with van der Waals surface area (Å²) in [5.41, 5.74) is 7.50. The Bertz CT molecular complexity index is 843. The van der Waals surface area contributed by atoms with Gasteiger partial charge in [-0.1, -0.05) is 0 Å². The predicted octanol–water partition coefficient (Wildman–Crippen LogP) is 4.85. The van der Waals surface area contributed by atoms with Crippen molar-refractivity contribution in [3.05, 3.63) is 34.6 Å². The molecule has 0 amide bonds. The van der Waals surface area contributed by atoms with Crippen LogP contribution in [-0.4, -0.2) is 32.8 Å². The zero-order valence-corrected chi connectivity index (χ0v) is 19.4. The number of methoxy groups -OCH3 is 1. The quantitative estimate of drug-likeness (QED) is 0.604. The number of benzene rings is 1. The molecule has 0 bridgehead atoms. The van der Waals surface area contributed by atoms with Crippen molar-refractivity contribution in [2.24, 2.45) is 0 Å². The maximum absolute atomic E-state index is 5.81. The second-order valence-electron chi connectivity index (χ2n) is 8.09. The standard InChI is InChI=1S/C24H32AsN2O/c1-4-20-23(19-14-16-10-6-7-11-17(16)15-22(19)28-3)26-21(5-2)24(27-20)25-18-12-8-9-13-18/h14-15,18H,4-13H2,1-3H3. The summed E-state index contributed by atoms with van der Waals surface area (Å²) in [7, 11) is 1.78. The zero-order valence-electron chi connectivity index (χ0n) is 17.6. The normalized spacial score (nSPS) is 17.4. The number of nitrogens with zero attached hydrogens (tertiary/aromatic N) is 2. The molecule has 0 spiro atoms. The molecule has 1 heterocycles. The Morgan fingerprint density at radius 1 is 0.929 bits per heavy atom. The maximum atomic E-state index is 5.81. The third-order valence-electron chi connectivity index (χ3n) is 6.24. The van der Waals surface area contributed by atoms with E-state index in [2.05, 4.69) is 26.0 Å². The topological polar surface area (TPSA) is 35.0 Å². The van der Waals surface area contributed by atoms with Crippen LogP contribution >= 0.6 is 0 Å². The van der Waals surface area contributed by atoms with Gasteiger partial charge in [0.1, 0.15) is 0 Å². The third-order valence-corrected chi connectivity index (χ3v) is 9.35. The van der Waals surface area contributed by atoms with E-state index >= 15 is 0 Å². The van der Waals surface area contributed by atoms with Gasteiger partial charge in [0.05, 0.1) is 0 Å². The molecule has 1 radical (unpaired) electrons. The molecule has 3 nitrogen and oxygen atoms in total. The van der Waals surface area contributed by atoms with Crippen molar-refractivity contribution in [2.75, 3.05) is 7.11 Å². The minimum atomic E-state index is 0.132. The average molecular weight is 439 g/mol. The number of fused-ring (bicyclic) bond motifs is 1. The molecule has 1 saturated carbocycles. The molecule has 0 aliphatic heterocycles. The molecule has 0 unspecified atom stereocenters. The van der Waals surface area contributed by atoms with Crippen molar-refractivity contribution in [3.63, 3.8) is 0 Å². The molecule has 1 aromatic carbocycles. The second-order valence-corrected chi connectivity index (χ2v) is 11.1. The van der Waals surface area contributed by atoms with E-state index < -0.39 is 0 Å². The molecule has 2 aliphatic carbocycles. The van der Waals surface area contributed by atoms with Crippen molar-refractivity contribution in [3.8, 4) is 17.0 Å². The Balaban J connectivity index is 1.78. The Kier molecular flexibility index (Phi) is 6.41. The van der Waals surface area contributed by atoms with Crippen molar-refractivity contribution < 1.29 is 4.74 Å². The predicted molar refractivity (Wildman–Crippen MR) is 117 cm³/mol. The number of hydrogen-bond donors (Lipinski definition) is 0. The second kappa shape index (κ2) is 8.99.